The predicted molar refractivity (Wildman–Crippen MR) is 90.4 cm³/mol. The molecule has 0 aliphatic carbocycles. The normalized spacial score (nSPS) is 10.5. The van der Waals surface area contributed by atoms with Crippen LogP contribution >= 0.6 is 0 Å². The monoisotopic (exact) mass is 323 g/mol. The summed E-state index contributed by atoms with van der Waals surface area (Å²) in [5.74, 6) is 1.14. The molecule has 0 saturated heterocycles. The maximum Gasteiger partial charge on any atom is 0.274 e. The van der Waals surface area contributed by atoms with Gasteiger partial charge in [0.15, 0.2) is 5.82 Å². The Kier molecular flexibility index (Phi) is 4.24. The van der Waals surface area contributed by atoms with E-state index in [0.717, 1.165) is 5.56 Å². The third kappa shape index (κ3) is 3.75. The molecule has 0 saturated carbocycles. The molecule has 3 aromatic rings. The number of rotatable bonds is 4. The van der Waals surface area contributed by atoms with E-state index in [1.54, 1.807) is 26.0 Å². The van der Waals surface area contributed by atoms with E-state index < -0.39 is 0 Å². The van der Waals surface area contributed by atoms with Crippen LogP contribution in [0, 0.1) is 20.8 Å². The molecule has 7 heteroatoms. The van der Waals surface area contributed by atoms with Crippen LogP contribution in [0.25, 0.3) is 0 Å². The van der Waals surface area contributed by atoms with Gasteiger partial charge in [-0.25, -0.2) is 9.97 Å². The van der Waals surface area contributed by atoms with Crippen molar-refractivity contribution in [2.24, 2.45) is 0 Å². The number of aromatic nitrogens is 3. The summed E-state index contributed by atoms with van der Waals surface area (Å²) in [6.45, 7) is 5.57. The Balaban J connectivity index is 1.79. The molecule has 0 spiro atoms. The minimum atomic E-state index is -0.302. The Morgan fingerprint density at radius 2 is 1.79 bits per heavy atom. The zero-order valence-electron chi connectivity index (χ0n) is 13.6. The molecule has 0 atom stereocenters. The Morgan fingerprint density at radius 3 is 2.46 bits per heavy atom. The van der Waals surface area contributed by atoms with Crippen LogP contribution in [0.2, 0.25) is 0 Å². The second-order valence-electron chi connectivity index (χ2n) is 5.49. The first-order valence-corrected chi connectivity index (χ1v) is 7.43. The number of carbonyl (C=O) groups excluding carboxylic acids is 1. The number of nitrogens with zero attached hydrogens (tertiary/aromatic N) is 3. The maximum atomic E-state index is 12.4. The van der Waals surface area contributed by atoms with Gasteiger partial charge in [-0.05, 0) is 39.0 Å². The highest BCUT2D eigenvalue weighted by Crippen LogP contribution is 2.15. The first-order valence-electron chi connectivity index (χ1n) is 7.43. The molecule has 0 aliphatic rings. The molecular formula is C17H17N5O2. The summed E-state index contributed by atoms with van der Waals surface area (Å²) in [6, 6.07) is 10.9. The summed E-state index contributed by atoms with van der Waals surface area (Å²) in [5.41, 5.74) is 2.77. The van der Waals surface area contributed by atoms with E-state index in [0.29, 0.717) is 23.0 Å². The van der Waals surface area contributed by atoms with Crippen LogP contribution in [0.15, 0.2) is 40.9 Å². The molecule has 0 bridgehead atoms. The molecule has 2 N–H and O–H groups in total. The minimum absolute atomic E-state index is 0.269. The van der Waals surface area contributed by atoms with Crippen LogP contribution in [0.3, 0.4) is 0 Å². The Bertz CT molecular complexity index is 871. The summed E-state index contributed by atoms with van der Waals surface area (Å²) in [4.78, 5) is 20.9. The van der Waals surface area contributed by atoms with Gasteiger partial charge in [0.25, 0.3) is 5.91 Å². The van der Waals surface area contributed by atoms with Gasteiger partial charge >= 0.3 is 0 Å². The van der Waals surface area contributed by atoms with Gasteiger partial charge in [0.2, 0.25) is 5.95 Å². The molecule has 2 heterocycles. The third-order valence-corrected chi connectivity index (χ3v) is 3.26. The van der Waals surface area contributed by atoms with Crippen molar-refractivity contribution < 1.29 is 9.32 Å². The topological polar surface area (TPSA) is 92.9 Å². The number of amides is 1. The fourth-order valence-electron chi connectivity index (χ4n) is 2.11. The fraction of sp³-hybridized carbons (Fsp3) is 0.176. The van der Waals surface area contributed by atoms with Gasteiger partial charge in [-0.1, -0.05) is 22.9 Å². The zero-order valence-corrected chi connectivity index (χ0v) is 13.6. The third-order valence-electron chi connectivity index (χ3n) is 3.26. The van der Waals surface area contributed by atoms with Crippen LogP contribution in [-0.2, 0) is 0 Å². The largest absolute Gasteiger partial charge is 0.360 e. The van der Waals surface area contributed by atoms with Crippen LogP contribution in [-0.4, -0.2) is 21.0 Å². The van der Waals surface area contributed by atoms with Gasteiger partial charge in [0.05, 0.1) is 0 Å². The van der Waals surface area contributed by atoms with Crippen LogP contribution < -0.4 is 10.6 Å². The van der Waals surface area contributed by atoms with E-state index in [1.807, 2.05) is 31.2 Å². The van der Waals surface area contributed by atoms with Crippen LogP contribution in [0.1, 0.15) is 27.5 Å². The molecule has 3 rings (SSSR count). The summed E-state index contributed by atoms with van der Waals surface area (Å²) in [5, 5.41) is 9.57. The maximum absolute atomic E-state index is 12.4. The fourth-order valence-corrected chi connectivity index (χ4v) is 2.11. The van der Waals surface area contributed by atoms with E-state index >= 15 is 0 Å². The van der Waals surface area contributed by atoms with Gasteiger partial charge < -0.3 is 15.2 Å². The smallest absolute Gasteiger partial charge is 0.274 e. The van der Waals surface area contributed by atoms with Gasteiger partial charge in [-0.3, -0.25) is 4.79 Å². The van der Waals surface area contributed by atoms with Gasteiger partial charge in [-0.15, -0.1) is 0 Å². The first-order chi connectivity index (χ1) is 11.5. The van der Waals surface area contributed by atoms with Crippen LogP contribution in [0.4, 0.5) is 17.5 Å². The molecule has 0 aliphatic heterocycles. The summed E-state index contributed by atoms with van der Waals surface area (Å²) < 4.78 is 4.99. The summed E-state index contributed by atoms with van der Waals surface area (Å²) in [7, 11) is 0. The quantitative estimate of drug-likeness (QED) is 0.764. The van der Waals surface area contributed by atoms with E-state index in [9.17, 15) is 4.79 Å². The van der Waals surface area contributed by atoms with Crippen molar-refractivity contribution in [3.05, 3.63) is 59.1 Å². The standard InChI is InChI=1S/C17H17N5O2/c1-10-4-6-13(7-5-10)19-16(23)14-8-11(2)18-17(20-14)21-15-9-12(3)24-22-15/h4-9H,1-3H3,(H,19,23)(H,18,20,21,22). The second kappa shape index (κ2) is 6.49. The molecule has 0 fully saturated rings. The molecule has 122 valence electrons. The molecule has 1 amide bonds. The van der Waals surface area contributed by atoms with E-state index in [1.165, 1.54) is 0 Å². The average Bonchev–Trinajstić information content (AvgIpc) is 2.94. The summed E-state index contributed by atoms with van der Waals surface area (Å²) >= 11 is 0. The van der Waals surface area contributed by atoms with Gasteiger partial charge in [0.1, 0.15) is 11.5 Å². The molecule has 2 aromatic heterocycles. The lowest BCUT2D eigenvalue weighted by atomic mass is 10.2. The van der Waals surface area contributed by atoms with Gasteiger partial charge in [0, 0.05) is 17.4 Å². The molecule has 0 radical (unpaired) electrons. The van der Waals surface area contributed by atoms with E-state index in [2.05, 4.69) is 25.8 Å². The summed E-state index contributed by atoms with van der Waals surface area (Å²) in [6.07, 6.45) is 0. The van der Waals surface area contributed by atoms with Crippen molar-refractivity contribution in [2.45, 2.75) is 20.8 Å². The van der Waals surface area contributed by atoms with Crippen molar-refractivity contribution in [2.75, 3.05) is 10.6 Å². The second-order valence-corrected chi connectivity index (χ2v) is 5.49. The van der Waals surface area contributed by atoms with E-state index in [4.69, 9.17) is 4.52 Å². The van der Waals surface area contributed by atoms with Crippen LogP contribution in [0.5, 0.6) is 0 Å². The number of aryl methyl sites for hydroxylation is 3. The van der Waals surface area contributed by atoms with Gasteiger partial charge in [-0.2, -0.15) is 0 Å². The SMILES string of the molecule is Cc1ccc(NC(=O)c2cc(C)nc(Nc3cc(C)on3)n2)cc1. The highest BCUT2D eigenvalue weighted by Gasteiger charge is 2.12. The number of benzene rings is 1. The molecular weight excluding hydrogens is 306 g/mol. The zero-order chi connectivity index (χ0) is 17.1. The Morgan fingerprint density at radius 1 is 1.04 bits per heavy atom. The van der Waals surface area contributed by atoms with Crippen molar-refractivity contribution in [1.29, 1.82) is 0 Å². The predicted octanol–water partition coefficient (Wildman–Crippen LogP) is 3.39. The lowest BCUT2D eigenvalue weighted by molar-refractivity contribution is 0.102. The number of hydrogen-bond donors (Lipinski definition) is 2. The van der Waals surface area contributed by atoms with Crippen molar-refractivity contribution >= 4 is 23.4 Å². The lowest BCUT2D eigenvalue weighted by Gasteiger charge is -2.08. The van der Waals surface area contributed by atoms with Crippen molar-refractivity contribution in [3.63, 3.8) is 0 Å². The molecule has 1 aromatic carbocycles. The molecule has 24 heavy (non-hydrogen) atoms. The lowest BCUT2D eigenvalue weighted by Crippen LogP contribution is -2.15. The molecule has 7 nitrogen and oxygen atoms in total. The van der Waals surface area contributed by atoms with Crippen molar-refractivity contribution in [1.82, 2.24) is 15.1 Å². The average molecular weight is 323 g/mol. The van der Waals surface area contributed by atoms with E-state index in [-0.39, 0.29) is 17.5 Å². The van der Waals surface area contributed by atoms with Crippen molar-refractivity contribution in [3.8, 4) is 0 Å². The first kappa shape index (κ1) is 15.7. The number of anilines is 3. The Hall–Kier alpha value is -3.22. The highest BCUT2D eigenvalue weighted by molar-refractivity contribution is 6.03. The molecule has 0 unspecified atom stereocenters. The highest BCUT2D eigenvalue weighted by atomic mass is 16.5. The minimum Gasteiger partial charge on any atom is -0.360 e. The number of nitrogens with one attached hydrogen (secondary N) is 2. The Labute approximate surface area is 139 Å². The number of hydrogen-bond acceptors (Lipinski definition) is 6. The number of carbonyl (C=O) groups is 1.